The van der Waals surface area contributed by atoms with Crippen LogP contribution in [0.15, 0.2) is 47.6 Å². The number of nitrogens with zero attached hydrogens (tertiary/aromatic N) is 2. The number of amides is 1. The average Bonchev–Trinajstić information content (AvgIpc) is 3.07. The number of rotatable bonds is 4. The first-order valence-electron chi connectivity index (χ1n) is 7.88. The zero-order valence-corrected chi connectivity index (χ0v) is 15.1. The number of hydrazone groups is 1. The number of benzene rings is 2. The normalized spacial score (nSPS) is 16.6. The fourth-order valence-electron chi connectivity index (χ4n) is 2.96. The Morgan fingerprint density at radius 1 is 1.16 bits per heavy atom. The second-order valence-corrected chi connectivity index (χ2v) is 6.19. The Bertz CT molecular complexity index is 835. The molecule has 0 aliphatic carbocycles. The highest BCUT2D eigenvalue weighted by atomic mass is 35.5. The molecule has 3 rings (SSSR count). The Morgan fingerprint density at radius 2 is 1.92 bits per heavy atom. The van der Waals surface area contributed by atoms with E-state index < -0.39 is 0 Å². The molecule has 0 bridgehead atoms. The topological polar surface area (TPSA) is 51.1 Å². The fraction of sp³-hybridized carbons (Fsp3) is 0.263. The Kier molecular flexibility index (Phi) is 4.95. The van der Waals surface area contributed by atoms with Gasteiger partial charge in [0.15, 0.2) is 11.5 Å². The quantitative estimate of drug-likeness (QED) is 0.828. The maximum atomic E-state index is 12.1. The molecule has 0 N–H and O–H groups in total. The molecule has 2 aromatic carbocycles. The van der Waals surface area contributed by atoms with Gasteiger partial charge in [0.05, 0.1) is 26.0 Å². The standard InChI is InChI=1S/C19H19ClN2O3/c1-12(23)22-17(14-5-4-6-15(20)9-14)11-16(21-22)13-7-8-18(24-2)19(10-13)25-3/h4-10,17H,11H2,1-3H3. The van der Waals surface area contributed by atoms with E-state index in [1.54, 1.807) is 14.2 Å². The predicted molar refractivity (Wildman–Crippen MR) is 97.4 cm³/mol. The Morgan fingerprint density at radius 3 is 2.56 bits per heavy atom. The zero-order chi connectivity index (χ0) is 18.0. The number of carbonyl (C=O) groups excluding carboxylic acids is 1. The summed E-state index contributed by atoms with van der Waals surface area (Å²) >= 11 is 6.11. The number of halogens is 1. The zero-order valence-electron chi connectivity index (χ0n) is 14.3. The lowest BCUT2D eigenvalue weighted by Crippen LogP contribution is -2.24. The summed E-state index contributed by atoms with van der Waals surface area (Å²) in [4.78, 5) is 12.1. The molecule has 0 aromatic heterocycles. The van der Waals surface area contributed by atoms with E-state index in [0.717, 1.165) is 16.8 Å². The van der Waals surface area contributed by atoms with Crippen molar-refractivity contribution < 1.29 is 14.3 Å². The molecule has 25 heavy (non-hydrogen) atoms. The summed E-state index contributed by atoms with van der Waals surface area (Å²) in [7, 11) is 3.19. The number of carbonyl (C=O) groups is 1. The summed E-state index contributed by atoms with van der Waals surface area (Å²) in [5.74, 6) is 1.17. The Hall–Kier alpha value is -2.53. The summed E-state index contributed by atoms with van der Waals surface area (Å²) in [6.45, 7) is 1.51. The number of hydrogen-bond donors (Lipinski definition) is 0. The molecular weight excluding hydrogens is 340 g/mol. The van der Waals surface area contributed by atoms with Gasteiger partial charge < -0.3 is 9.47 Å². The minimum atomic E-state index is -0.167. The summed E-state index contributed by atoms with van der Waals surface area (Å²) < 4.78 is 10.6. The van der Waals surface area contributed by atoms with Crippen molar-refractivity contribution in [3.8, 4) is 11.5 Å². The average molecular weight is 359 g/mol. The molecular formula is C19H19ClN2O3. The molecule has 0 spiro atoms. The number of ether oxygens (including phenoxy) is 2. The third-order valence-electron chi connectivity index (χ3n) is 4.18. The highest BCUT2D eigenvalue weighted by Crippen LogP contribution is 2.35. The van der Waals surface area contributed by atoms with Gasteiger partial charge in [-0.3, -0.25) is 4.79 Å². The number of methoxy groups -OCH3 is 2. The Labute approximate surface area is 151 Å². The first-order chi connectivity index (χ1) is 12.0. The maximum absolute atomic E-state index is 12.1. The van der Waals surface area contributed by atoms with Crippen LogP contribution in [-0.2, 0) is 4.79 Å². The maximum Gasteiger partial charge on any atom is 0.240 e. The summed E-state index contributed by atoms with van der Waals surface area (Å²) in [5.41, 5.74) is 2.68. The van der Waals surface area contributed by atoms with Crippen LogP contribution in [-0.4, -0.2) is 30.8 Å². The molecule has 130 valence electrons. The van der Waals surface area contributed by atoms with E-state index in [2.05, 4.69) is 5.10 Å². The fourth-order valence-corrected chi connectivity index (χ4v) is 3.16. The van der Waals surface area contributed by atoms with E-state index in [4.69, 9.17) is 21.1 Å². The van der Waals surface area contributed by atoms with Crippen LogP contribution in [0.4, 0.5) is 0 Å². The lowest BCUT2D eigenvalue weighted by Gasteiger charge is -2.20. The lowest BCUT2D eigenvalue weighted by molar-refractivity contribution is -0.130. The highest BCUT2D eigenvalue weighted by molar-refractivity contribution is 6.30. The molecule has 5 nitrogen and oxygen atoms in total. The van der Waals surface area contributed by atoms with E-state index >= 15 is 0 Å². The van der Waals surface area contributed by atoms with Gasteiger partial charge in [-0.1, -0.05) is 23.7 Å². The van der Waals surface area contributed by atoms with Crippen molar-refractivity contribution in [1.29, 1.82) is 0 Å². The van der Waals surface area contributed by atoms with Crippen LogP contribution in [0, 0.1) is 0 Å². The van der Waals surface area contributed by atoms with Gasteiger partial charge in [-0.25, -0.2) is 5.01 Å². The lowest BCUT2D eigenvalue weighted by atomic mass is 9.98. The van der Waals surface area contributed by atoms with Gasteiger partial charge >= 0.3 is 0 Å². The first-order valence-corrected chi connectivity index (χ1v) is 8.26. The van der Waals surface area contributed by atoms with E-state index in [1.165, 1.54) is 11.9 Å². The van der Waals surface area contributed by atoms with Crippen molar-refractivity contribution in [3.63, 3.8) is 0 Å². The molecule has 1 atom stereocenters. The molecule has 0 radical (unpaired) electrons. The van der Waals surface area contributed by atoms with Crippen LogP contribution in [0.25, 0.3) is 0 Å². The van der Waals surface area contributed by atoms with Crippen LogP contribution in [0.3, 0.4) is 0 Å². The predicted octanol–water partition coefficient (Wildman–Crippen LogP) is 4.05. The monoisotopic (exact) mass is 358 g/mol. The van der Waals surface area contributed by atoms with Crippen molar-refractivity contribution in [2.75, 3.05) is 14.2 Å². The van der Waals surface area contributed by atoms with Crippen molar-refractivity contribution in [1.82, 2.24) is 5.01 Å². The minimum absolute atomic E-state index is 0.111. The van der Waals surface area contributed by atoms with Gasteiger partial charge in [-0.2, -0.15) is 5.10 Å². The molecule has 0 fully saturated rings. The molecule has 0 saturated carbocycles. The molecule has 6 heteroatoms. The van der Waals surface area contributed by atoms with Crippen molar-refractivity contribution in [2.45, 2.75) is 19.4 Å². The van der Waals surface area contributed by atoms with E-state index in [0.29, 0.717) is 22.9 Å². The molecule has 1 amide bonds. The van der Waals surface area contributed by atoms with Crippen LogP contribution in [0.2, 0.25) is 5.02 Å². The van der Waals surface area contributed by atoms with Gasteiger partial charge in [-0.15, -0.1) is 0 Å². The second kappa shape index (κ2) is 7.15. The highest BCUT2D eigenvalue weighted by Gasteiger charge is 2.31. The second-order valence-electron chi connectivity index (χ2n) is 5.75. The van der Waals surface area contributed by atoms with Gasteiger partial charge in [0.25, 0.3) is 0 Å². The number of hydrogen-bond acceptors (Lipinski definition) is 4. The third-order valence-corrected chi connectivity index (χ3v) is 4.42. The first kappa shape index (κ1) is 17.3. The molecule has 1 heterocycles. The van der Waals surface area contributed by atoms with E-state index in [-0.39, 0.29) is 11.9 Å². The molecule has 0 saturated heterocycles. The molecule has 1 unspecified atom stereocenters. The van der Waals surface area contributed by atoms with Crippen molar-refractivity contribution >= 4 is 23.2 Å². The minimum Gasteiger partial charge on any atom is -0.493 e. The van der Waals surface area contributed by atoms with Gasteiger partial charge in [-0.05, 0) is 35.9 Å². The summed E-state index contributed by atoms with van der Waals surface area (Å²) in [6, 6.07) is 13.0. The van der Waals surface area contributed by atoms with Gasteiger partial charge in [0, 0.05) is 23.9 Å². The molecule has 1 aliphatic heterocycles. The largest absolute Gasteiger partial charge is 0.493 e. The Balaban J connectivity index is 1.96. The van der Waals surface area contributed by atoms with E-state index in [9.17, 15) is 4.79 Å². The van der Waals surface area contributed by atoms with Crippen molar-refractivity contribution in [3.05, 3.63) is 58.6 Å². The van der Waals surface area contributed by atoms with Crippen LogP contribution in [0.1, 0.15) is 30.5 Å². The summed E-state index contributed by atoms with van der Waals surface area (Å²) in [6.07, 6.45) is 0.607. The third kappa shape index (κ3) is 3.46. The molecule has 1 aliphatic rings. The summed E-state index contributed by atoms with van der Waals surface area (Å²) in [5, 5.41) is 6.69. The van der Waals surface area contributed by atoms with Gasteiger partial charge in [0.1, 0.15) is 0 Å². The van der Waals surface area contributed by atoms with Gasteiger partial charge in [0.2, 0.25) is 5.91 Å². The molecule has 2 aromatic rings. The van der Waals surface area contributed by atoms with E-state index in [1.807, 2.05) is 42.5 Å². The van der Waals surface area contributed by atoms with Crippen LogP contribution in [0.5, 0.6) is 11.5 Å². The van der Waals surface area contributed by atoms with Crippen LogP contribution < -0.4 is 9.47 Å². The van der Waals surface area contributed by atoms with Crippen LogP contribution >= 0.6 is 11.6 Å². The smallest absolute Gasteiger partial charge is 0.240 e. The SMILES string of the molecule is COc1ccc(C2=NN(C(C)=O)C(c3cccc(Cl)c3)C2)cc1OC. The van der Waals surface area contributed by atoms with Crippen molar-refractivity contribution in [2.24, 2.45) is 5.10 Å².